The summed E-state index contributed by atoms with van der Waals surface area (Å²) in [5.74, 6) is 1.87. The van der Waals surface area contributed by atoms with Crippen LogP contribution >= 0.6 is 11.3 Å². The summed E-state index contributed by atoms with van der Waals surface area (Å²) in [4.78, 5) is 21.8. The number of pyridine rings is 1. The van der Waals surface area contributed by atoms with Gasteiger partial charge in [-0.3, -0.25) is 9.88 Å². The molecule has 2 fully saturated rings. The molecular formula is C21H23N5OS. The summed E-state index contributed by atoms with van der Waals surface area (Å²) >= 11 is 1.85. The van der Waals surface area contributed by atoms with Crippen molar-refractivity contribution in [2.45, 2.75) is 31.4 Å². The van der Waals surface area contributed by atoms with Crippen LogP contribution in [0.3, 0.4) is 0 Å². The number of ether oxygens (including phenoxy) is 1. The number of aromatic nitrogens is 3. The summed E-state index contributed by atoms with van der Waals surface area (Å²) in [5.41, 5.74) is 2.46. The predicted octanol–water partition coefficient (Wildman–Crippen LogP) is 2.76. The van der Waals surface area contributed by atoms with Gasteiger partial charge in [0.25, 0.3) is 0 Å². The Morgan fingerprint density at radius 1 is 1.21 bits per heavy atom. The van der Waals surface area contributed by atoms with Crippen LogP contribution in [0.25, 0.3) is 21.6 Å². The van der Waals surface area contributed by atoms with Gasteiger partial charge in [0.15, 0.2) is 5.82 Å². The highest BCUT2D eigenvalue weighted by Crippen LogP contribution is 2.42. The zero-order valence-electron chi connectivity index (χ0n) is 16.0. The molecule has 0 aromatic carbocycles. The minimum atomic E-state index is 0.261. The van der Waals surface area contributed by atoms with Crippen LogP contribution in [0.2, 0.25) is 0 Å². The minimum absolute atomic E-state index is 0.261. The highest BCUT2D eigenvalue weighted by Gasteiger charge is 2.40. The van der Waals surface area contributed by atoms with E-state index in [9.17, 15) is 0 Å². The lowest BCUT2D eigenvalue weighted by atomic mass is 10.1. The molecule has 0 saturated carbocycles. The number of rotatable bonds is 2. The van der Waals surface area contributed by atoms with E-state index in [1.165, 1.54) is 28.7 Å². The van der Waals surface area contributed by atoms with Crippen LogP contribution in [0.4, 0.5) is 5.82 Å². The lowest BCUT2D eigenvalue weighted by molar-refractivity contribution is -0.0362. The van der Waals surface area contributed by atoms with Gasteiger partial charge in [-0.2, -0.15) is 0 Å². The lowest BCUT2D eigenvalue weighted by Gasteiger charge is -2.33. The number of morpholine rings is 1. The second-order valence-corrected chi connectivity index (χ2v) is 9.10. The van der Waals surface area contributed by atoms with Crippen molar-refractivity contribution in [2.75, 3.05) is 38.2 Å². The van der Waals surface area contributed by atoms with E-state index in [1.54, 1.807) is 6.20 Å². The molecule has 2 atom stereocenters. The van der Waals surface area contributed by atoms with E-state index >= 15 is 0 Å². The maximum absolute atomic E-state index is 6.09. The van der Waals surface area contributed by atoms with Gasteiger partial charge in [0, 0.05) is 42.5 Å². The molecule has 2 aliphatic heterocycles. The maximum atomic E-state index is 6.09. The SMILES string of the molecule is CN1CCOC2CN(c3nc(-c4cccnc4)nc4sc5c(c34)CCC5)CC21. The van der Waals surface area contributed by atoms with E-state index in [2.05, 4.69) is 21.8 Å². The highest BCUT2D eigenvalue weighted by atomic mass is 32.1. The summed E-state index contributed by atoms with van der Waals surface area (Å²) in [6.45, 7) is 3.69. The summed E-state index contributed by atoms with van der Waals surface area (Å²) in [5, 5.41) is 1.28. The van der Waals surface area contributed by atoms with Crippen LogP contribution < -0.4 is 4.90 Å². The molecule has 0 bridgehead atoms. The zero-order valence-corrected chi connectivity index (χ0v) is 16.8. The molecule has 3 aliphatic rings. The van der Waals surface area contributed by atoms with Gasteiger partial charge in [0.1, 0.15) is 10.6 Å². The highest BCUT2D eigenvalue weighted by molar-refractivity contribution is 7.19. The van der Waals surface area contributed by atoms with E-state index in [-0.39, 0.29) is 6.10 Å². The number of hydrogen-bond donors (Lipinski definition) is 0. The molecule has 1 aliphatic carbocycles. The van der Waals surface area contributed by atoms with E-state index in [0.717, 1.165) is 54.7 Å². The third kappa shape index (κ3) is 2.57. The van der Waals surface area contributed by atoms with Crippen molar-refractivity contribution in [3.05, 3.63) is 35.0 Å². The van der Waals surface area contributed by atoms with Gasteiger partial charge in [0.2, 0.25) is 0 Å². The maximum Gasteiger partial charge on any atom is 0.164 e. The second-order valence-electron chi connectivity index (χ2n) is 8.01. The van der Waals surface area contributed by atoms with Crippen LogP contribution in [-0.4, -0.2) is 65.3 Å². The molecule has 3 aromatic rings. The number of anilines is 1. The monoisotopic (exact) mass is 393 g/mol. The van der Waals surface area contributed by atoms with E-state index in [4.69, 9.17) is 14.7 Å². The van der Waals surface area contributed by atoms with Gasteiger partial charge in [-0.15, -0.1) is 11.3 Å². The van der Waals surface area contributed by atoms with E-state index in [1.807, 2.05) is 29.7 Å². The number of likely N-dealkylation sites (N-methyl/N-ethyl adjacent to an activating group) is 1. The Balaban J connectivity index is 1.50. The normalized spacial score (nSPS) is 24.7. The fourth-order valence-electron chi connectivity index (χ4n) is 4.86. The number of hydrogen-bond acceptors (Lipinski definition) is 7. The van der Waals surface area contributed by atoms with E-state index < -0.39 is 0 Å². The quantitative estimate of drug-likeness (QED) is 0.667. The van der Waals surface area contributed by atoms with Crippen molar-refractivity contribution in [2.24, 2.45) is 0 Å². The predicted molar refractivity (Wildman–Crippen MR) is 111 cm³/mol. The number of thiophene rings is 1. The molecule has 2 saturated heterocycles. The second kappa shape index (κ2) is 6.47. The van der Waals surface area contributed by atoms with Crippen molar-refractivity contribution < 1.29 is 4.74 Å². The lowest BCUT2D eigenvalue weighted by Crippen LogP contribution is -2.48. The van der Waals surface area contributed by atoms with Crippen molar-refractivity contribution in [3.8, 4) is 11.4 Å². The van der Waals surface area contributed by atoms with Gasteiger partial charge < -0.3 is 9.64 Å². The van der Waals surface area contributed by atoms with Crippen molar-refractivity contribution >= 4 is 27.4 Å². The summed E-state index contributed by atoms with van der Waals surface area (Å²) < 4.78 is 6.09. The molecule has 2 unspecified atom stereocenters. The van der Waals surface area contributed by atoms with Crippen LogP contribution in [-0.2, 0) is 17.6 Å². The minimum Gasteiger partial charge on any atom is -0.373 e. The van der Waals surface area contributed by atoms with Gasteiger partial charge >= 0.3 is 0 Å². The Hall–Kier alpha value is -2.09. The molecule has 7 heteroatoms. The molecule has 5 heterocycles. The molecule has 6 rings (SSSR count). The van der Waals surface area contributed by atoms with Gasteiger partial charge in [-0.1, -0.05) is 0 Å². The zero-order chi connectivity index (χ0) is 18.7. The van der Waals surface area contributed by atoms with Crippen LogP contribution in [0.5, 0.6) is 0 Å². The summed E-state index contributed by atoms with van der Waals surface area (Å²) in [6.07, 6.45) is 7.48. The van der Waals surface area contributed by atoms with Gasteiger partial charge in [-0.05, 0) is 44.0 Å². The first-order chi connectivity index (χ1) is 13.8. The Bertz CT molecular complexity index is 1040. The molecule has 6 nitrogen and oxygen atoms in total. The van der Waals surface area contributed by atoms with Crippen LogP contribution in [0.1, 0.15) is 16.9 Å². The van der Waals surface area contributed by atoms with Gasteiger partial charge in [-0.25, -0.2) is 9.97 Å². The van der Waals surface area contributed by atoms with E-state index in [0.29, 0.717) is 6.04 Å². The fourth-order valence-corrected chi connectivity index (χ4v) is 6.12. The summed E-state index contributed by atoms with van der Waals surface area (Å²) in [7, 11) is 2.21. The Kier molecular flexibility index (Phi) is 3.89. The van der Waals surface area contributed by atoms with Crippen molar-refractivity contribution in [1.29, 1.82) is 0 Å². The van der Waals surface area contributed by atoms with Crippen LogP contribution in [0, 0.1) is 0 Å². The molecule has 0 radical (unpaired) electrons. The Morgan fingerprint density at radius 2 is 2.18 bits per heavy atom. The van der Waals surface area contributed by atoms with Gasteiger partial charge in [0.05, 0.1) is 24.1 Å². The molecule has 28 heavy (non-hydrogen) atoms. The molecule has 144 valence electrons. The molecule has 3 aromatic heterocycles. The topological polar surface area (TPSA) is 54.4 Å². The fraction of sp³-hybridized carbons (Fsp3) is 0.476. The molecule has 0 spiro atoms. The standard InChI is InChI=1S/C21H23N5OS/c1-25-8-9-27-16-12-26(11-15(16)25)20-18-14-5-2-6-17(14)28-21(18)24-19(23-20)13-4-3-7-22-10-13/h3-4,7,10,15-16H,2,5-6,8-9,11-12H2,1H3. The number of fused-ring (bicyclic) bond motifs is 4. The van der Waals surface area contributed by atoms with Crippen molar-refractivity contribution in [1.82, 2.24) is 19.9 Å². The molecule has 0 N–H and O–H groups in total. The number of aryl methyl sites for hydroxylation is 2. The Labute approximate surface area is 168 Å². The first-order valence-corrected chi connectivity index (χ1v) is 10.9. The smallest absolute Gasteiger partial charge is 0.164 e. The summed E-state index contributed by atoms with van der Waals surface area (Å²) in [6, 6.07) is 4.43. The average Bonchev–Trinajstić information content (AvgIpc) is 3.42. The third-order valence-corrected chi connectivity index (χ3v) is 7.53. The van der Waals surface area contributed by atoms with Crippen LogP contribution in [0.15, 0.2) is 24.5 Å². The largest absolute Gasteiger partial charge is 0.373 e. The Morgan fingerprint density at radius 3 is 3.04 bits per heavy atom. The average molecular weight is 394 g/mol. The first-order valence-electron chi connectivity index (χ1n) is 10.1. The number of nitrogens with zero attached hydrogens (tertiary/aromatic N) is 5. The first kappa shape index (κ1) is 16.8. The molecule has 0 amide bonds. The third-order valence-electron chi connectivity index (χ3n) is 6.34. The van der Waals surface area contributed by atoms with Crippen molar-refractivity contribution in [3.63, 3.8) is 0 Å². The molecular weight excluding hydrogens is 370 g/mol.